The number of benzene rings is 1. The predicted octanol–water partition coefficient (Wildman–Crippen LogP) is 4.18. The van der Waals surface area contributed by atoms with Crippen LogP contribution in [-0.4, -0.2) is 7.05 Å². The highest BCUT2D eigenvalue weighted by atomic mass is 16.5. The van der Waals surface area contributed by atoms with Crippen LogP contribution in [-0.2, 0) is 18.6 Å². The molecule has 0 saturated heterocycles. The van der Waals surface area contributed by atoms with Gasteiger partial charge < -0.3 is 14.5 Å². The van der Waals surface area contributed by atoms with E-state index in [0.29, 0.717) is 6.61 Å². The number of nitrogens with one attached hydrogen (secondary N) is 1. The van der Waals surface area contributed by atoms with Gasteiger partial charge in [0, 0.05) is 0 Å². The summed E-state index contributed by atoms with van der Waals surface area (Å²) in [6, 6.07) is 10.3. The summed E-state index contributed by atoms with van der Waals surface area (Å²) in [5.41, 5.74) is 2.48. The van der Waals surface area contributed by atoms with Gasteiger partial charge in [0.1, 0.15) is 23.9 Å². The average Bonchev–Trinajstić information content (AvgIpc) is 2.83. The molecule has 1 N–H and O–H groups in total. The number of ether oxygens (including phenoxy) is 1. The van der Waals surface area contributed by atoms with Crippen LogP contribution in [0.15, 0.2) is 34.7 Å². The molecule has 3 heteroatoms. The lowest BCUT2D eigenvalue weighted by atomic mass is 9.86. The van der Waals surface area contributed by atoms with Crippen LogP contribution in [0.2, 0.25) is 0 Å². The van der Waals surface area contributed by atoms with Crippen molar-refractivity contribution >= 4 is 0 Å². The van der Waals surface area contributed by atoms with Gasteiger partial charge >= 0.3 is 0 Å². The SMILES string of the molecule is CNCc1ccc(COc2cc(C)ccc2C(C)(C)C)o1. The van der Waals surface area contributed by atoms with Gasteiger partial charge in [-0.3, -0.25) is 0 Å². The van der Waals surface area contributed by atoms with Crippen molar-refractivity contribution in [1.29, 1.82) is 0 Å². The third-order valence-electron chi connectivity index (χ3n) is 3.38. The molecule has 21 heavy (non-hydrogen) atoms. The molecule has 0 saturated carbocycles. The molecule has 0 atom stereocenters. The zero-order chi connectivity index (χ0) is 15.5. The minimum Gasteiger partial charge on any atom is -0.485 e. The summed E-state index contributed by atoms with van der Waals surface area (Å²) in [4.78, 5) is 0. The Bertz CT molecular complexity index is 594. The first-order valence-electron chi connectivity index (χ1n) is 7.36. The molecular weight excluding hydrogens is 262 g/mol. The lowest BCUT2D eigenvalue weighted by molar-refractivity contribution is 0.259. The fourth-order valence-electron chi connectivity index (χ4n) is 2.29. The van der Waals surface area contributed by atoms with Crippen LogP contribution in [0, 0.1) is 6.92 Å². The zero-order valence-corrected chi connectivity index (χ0v) is 13.6. The summed E-state index contributed by atoms with van der Waals surface area (Å²) in [6.07, 6.45) is 0. The van der Waals surface area contributed by atoms with Crippen LogP contribution >= 0.6 is 0 Å². The molecule has 0 radical (unpaired) electrons. The van der Waals surface area contributed by atoms with Gasteiger partial charge in [0.05, 0.1) is 6.54 Å². The Morgan fingerprint density at radius 3 is 2.48 bits per heavy atom. The van der Waals surface area contributed by atoms with Crippen LogP contribution in [0.1, 0.15) is 43.4 Å². The van der Waals surface area contributed by atoms with Gasteiger partial charge in [-0.05, 0) is 48.7 Å². The van der Waals surface area contributed by atoms with Crippen LogP contribution < -0.4 is 10.1 Å². The van der Waals surface area contributed by atoms with Crippen molar-refractivity contribution in [2.45, 2.75) is 46.3 Å². The first-order chi connectivity index (χ1) is 9.90. The summed E-state index contributed by atoms with van der Waals surface area (Å²) in [5.74, 6) is 2.71. The van der Waals surface area contributed by atoms with E-state index >= 15 is 0 Å². The topological polar surface area (TPSA) is 34.4 Å². The van der Waals surface area contributed by atoms with E-state index in [1.807, 2.05) is 19.2 Å². The third-order valence-corrected chi connectivity index (χ3v) is 3.38. The van der Waals surface area contributed by atoms with Crippen molar-refractivity contribution in [1.82, 2.24) is 5.32 Å². The second-order valence-corrected chi connectivity index (χ2v) is 6.44. The lowest BCUT2D eigenvalue weighted by Gasteiger charge is -2.23. The van der Waals surface area contributed by atoms with Crippen molar-refractivity contribution < 1.29 is 9.15 Å². The van der Waals surface area contributed by atoms with Crippen molar-refractivity contribution in [3.63, 3.8) is 0 Å². The third kappa shape index (κ3) is 4.11. The second kappa shape index (κ2) is 6.35. The first kappa shape index (κ1) is 15.6. The van der Waals surface area contributed by atoms with E-state index in [1.54, 1.807) is 0 Å². The molecule has 2 aromatic rings. The molecule has 114 valence electrons. The minimum absolute atomic E-state index is 0.0590. The van der Waals surface area contributed by atoms with E-state index < -0.39 is 0 Å². The molecule has 0 spiro atoms. The fourth-order valence-corrected chi connectivity index (χ4v) is 2.29. The van der Waals surface area contributed by atoms with Crippen molar-refractivity contribution in [2.24, 2.45) is 0 Å². The van der Waals surface area contributed by atoms with Crippen molar-refractivity contribution in [3.8, 4) is 5.75 Å². The zero-order valence-electron chi connectivity index (χ0n) is 13.6. The molecule has 1 heterocycles. The van der Waals surface area contributed by atoms with Crippen LogP contribution in [0.3, 0.4) is 0 Å². The van der Waals surface area contributed by atoms with Crippen LogP contribution in [0.5, 0.6) is 5.75 Å². The Morgan fingerprint density at radius 1 is 1.10 bits per heavy atom. The number of furan rings is 1. The molecule has 0 fully saturated rings. The van der Waals surface area contributed by atoms with E-state index in [1.165, 1.54) is 11.1 Å². The van der Waals surface area contributed by atoms with Crippen molar-refractivity contribution in [3.05, 3.63) is 53.0 Å². The Labute approximate surface area is 127 Å². The number of hydrogen-bond acceptors (Lipinski definition) is 3. The largest absolute Gasteiger partial charge is 0.485 e. The summed E-state index contributed by atoms with van der Waals surface area (Å²) < 4.78 is 11.7. The molecule has 0 unspecified atom stereocenters. The predicted molar refractivity (Wildman–Crippen MR) is 85.7 cm³/mol. The molecule has 1 aromatic carbocycles. The normalized spacial score (nSPS) is 11.7. The van der Waals surface area contributed by atoms with E-state index in [-0.39, 0.29) is 5.41 Å². The molecule has 0 aliphatic carbocycles. The summed E-state index contributed by atoms with van der Waals surface area (Å²) in [5, 5.41) is 3.07. The van der Waals surface area contributed by atoms with E-state index in [9.17, 15) is 0 Å². The van der Waals surface area contributed by atoms with Gasteiger partial charge in [0.25, 0.3) is 0 Å². The number of hydrogen-bond donors (Lipinski definition) is 1. The average molecular weight is 287 g/mol. The standard InChI is InChI=1S/C18H25NO2/c1-13-6-9-16(18(2,3)4)17(10-13)20-12-15-8-7-14(21-15)11-19-5/h6-10,19H,11-12H2,1-5H3. The summed E-state index contributed by atoms with van der Waals surface area (Å²) in [7, 11) is 1.90. The van der Waals surface area contributed by atoms with Gasteiger partial charge in [0.2, 0.25) is 0 Å². The number of rotatable bonds is 5. The first-order valence-corrected chi connectivity index (χ1v) is 7.36. The van der Waals surface area contributed by atoms with Crippen LogP contribution in [0.4, 0.5) is 0 Å². The van der Waals surface area contributed by atoms with Gasteiger partial charge in [0.15, 0.2) is 0 Å². The molecule has 0 bridgehead atoms. The smallest absolute Gasteiger partial charge is 0.146 e. The van der Waals surface area contributed by atoms with Gasteiger partial charge in [-0.15, -0.1) is 0 Å². The Balaban J connectivity index is 2.13. The van der Waals surface area contributed by atoms with Gasteiger partial charge in [-0.2, -0.15) is 0 Å². The van der Waals surface area contributed by atoms with Crippen molar-refractivity contribution in [2.75, 3.05) is 7.05 Å². The lowest BCUT2D eigenvalue weighted by Crippen LogP contribution is -2.13. The highest BCUT2D eigenvalue weighted by Gasteiger charge is 2.19. The minimum atomic E-state index is 0.0590. The van der Waals surface area contributed by atoms with Gasteiger partial charge in [-0.25, -0.2) is 0 Å². The van der Waals surface area contributed by atoms with E-state index in [4.69, 9.17) is 9.15 Å². The quantitative estimate of drug-likeness (QED) is 0.895. The summed E-state index contributed by atoms with van der Waals surface area (Å²) in [6.45, 7) is 9.86. The van der Waals surface area contributed by atoms with E-state index in [2.05, 4.69) is 51.2 Å². The molecule has 0 aliphatic heterocycles. The van der Waals surface area contributed by atoms with Gasteiger partial charge in [-0.1, -0.05) is 32.9 Å². The molecule has 0 amide bonds. The number of aryl methyl sites for hydroxylation is 1. The maximum Gasteiger partial charge on any atom is 0.146 e. The highest BCUT2D eigenvalue weighted by Crippen LogP contribution is 2.32. The monoisotopic (exact) mass is 287 g/mol. The maximum atomic E-state index is 6.01. The molecule has 0 aliphatic rings. The molecule has 3 nitrogen and oxygen atoms in total. The Kier molecular flexibility index (Phi) is 4.73. The fraction of sp³-hybridized carbons (Fsp3) is 0.444. The highest BCUT2D eigenvalue weighted by molar-refractivity contribution is 5.41. The Hall–Kier alpha value is -1.74. The maximum absolute atomic E-state index is 6.01. The molecular formula is C18H25NO2. The summed E-state index contributed by atoms with van der Waals surface area (Å²) >= 11 is 0. The molecule has 2 rings (SSSR count). The van der Waals surface area contributed by atoms with E-state index in [0.717, 1.165) is 23.8 Å². The molecule has 1 aromatic heterocycles. The second-order valence-electron chi connectivity index (χ2n) is 6.44. The van der Waals surface area contributed by atoms with Crippen LogP contribution in [0.25, 0.3) is 0 Å². The Morgan fingerprint density at radius 2 is 1.81 bits per heavy atom.